The molecule has 0 saturated heterocycles. The molecule has 1 rings (SSSR count). The van der Waals surface area contributed by atoms with Gasteiger partial charge in [0.25, 0.3) is 0 Å². The van der Waals surface area contributed by atoms with Crippen LogP contribution in [0.25, 0.3) is 0 Å². The first kappa shape index (κ1) is 13.4. The number of carbonyl (C=O) groups excluding carboxylic acids is 1. The molecular weight excluding hydrogens is 247 g/mol. The number of ether oxygens (including phenoxy) is 1. The van der Waals surface area contributed by atoms with E-state index < -0.39 is 35.4 Å². The number of benzene rings is 1. The fourth-order valence-corrected chi connectivity index (χ4v) is 1.25. The maximum Gasteiger partial charge on any atom is 0.419 e. The van der Waals surface area contributed by atoms with Gasteiger partial charge < -0.3 is 4.74 Å². The molecule has 0 amide bonds. The maximum absolute atomic E-state index is 12.5. The predicted molar refractivity (Wildman–Crippen MR) is 48.1 cm³/mol. The maximum atomic E-state index is 12.5. The highest BCUT2D eigenvalue weighted by atomic mass is 19.4. The van der Waals surface area contributed by atoms with Crippen LogP contribution in [-0.4, -0.2) is 12.4 Å². The lowest BCUT2D eigenvalue weighted by atomic mass is 10.1. The summed E-state index contributed by atoms with van der Waals surface area (Å²) >= 11 is 0. The molecule has 7 heteroatoms. The number of alkyl halides is 5. The van der Waals surface area contributed by atoms with Gasteiger partial charge in [0.1, 0.15) is 5.75 Å². The van der Waals surface area contributed by atoms with Crippen molar-refractivity contribution in [1.29, 1.82) is 0 Å². The van der Waals surface area contributed by atoms with E-state index in [1.54, 1.807) is 0 Å². The minimum Gasteiger partial charge on any atom is -0.433 e. The second-order valence-corrected chi connectivity index (χ2v) is 3.11. The van der Waals surface area contributed by atoms with Crippen LogP contribution < -0.4 is 4.74 Å². The van der Waals surface area contributed by atoms with Crippen molar-refractivity contribution in [2.75, 3.05) is 0 Å². The number of halogens is 5. The summed E-state index contributed by atoms with van der Waals surface area (Å²) in [5, 5.41) is 0. The Kier molecular flexibility index (Phi) is 3.69. The van der Waals surface area contributed by atoms with Crippen LogP contribution in [0.15, 0.2) is 18.2 Å². The lowest BCUT2D eigenvalue weighted by Crippen LogP contribution is -2.14. The molecule has 0 atom stereocenters. The van der Waals surface area contributed by atoms with E-state index in [0.29, 0.717) is 6.07 Å². The molecule has 2 nitrogen and oxygen atoms in total. The van der Waals surface area contributed by atoms with Gasteiger partial charge in [0.05, 0.1) is 11.1 Å². The Balaban J connectivity index is 3.40. The van der Waals surface area contributed by atoms with Crippen LogP contribution in [0.4, 0.5) is 22.0 Å². The summed E-state index contributed by atoms with van der Waals surface area (Å²) in [5.41, 5.74) is -1.93. The topological polar surface area (TPSA) is 26.3 Å². The average Bonchev–Trinajstić information content (AvgIpc) is 2.14. The van der Waals surface area contributed by atoms with E-state index >= 15 is 0 Å². The molecule has 94 valence electrons. The van der Waals surface area contributed by atoms with Gasteiger partial charge in [-0.15, -0.1) is 0 Å². The third-order valence-corrected chi connectivity index (χ3v) is 1.91. The predicted octanol–water partition coefficient (Wildman–Crippen LogP) is 3.51. The van der Waals surface area contributed by atoms with E-state index in [-0.39, 0.29) is 0 Å². The summed E-state index contributed by atoms with van der Waals surface area (Å²) in [6.45, 7) is -2.47. The van der Waals surface area contributed by atoms with Gasteiger partial charge in [-0.05, 0) is 19.1 Å². The fraction of sp³-hybridized carbons (Fsp3) is 0.300. The molecule has 0 aliphatic carbocycles. The van der Waals surface area contributed by atoms with Crippen molar-refractivity contribution >= 4 is 5.78 Å². The molecule has 0 aliphatic rings. The summed E-state index contributed by atoms with van der Waals surface area (Å²) in [5.74, 6) is -1.92. The molecule has 0 fully saturated rings. The molecule has 17 heavy (non-hydrogen) atoms. The Morgan fingerprint density at radius 2 is 1.88 bits per heavy atom. The Bertz CT molecular complexity index is 425. The molecule has 0 aliphatic heterocycles. The minimum atomic E-state index is -4.87. The standard InChI is InChI=1S/C10H7F5O2/c1-5(16)6-3-2-4-7(10(13,14)15)8(6)17-9(11)12/h2-4,9H,1H3. The van der Waals surface area contributed by atoms with E-state index in [1.165, 1.54) is 0 Å². The summed E-state index contributed by atoms with van der Waals surface area (Å²) < 4.78 is 65.4. The van der Waals surface area contributed by atoms with Crippen molar-refractivity contribution in [1.82, 2.24) is 0 Å². The number of hydrogen-bond acceptors (Lipinski definition) is 2. The number of hydrogen-bond donors (Lipinski definition) is 0. The largest absolute Gasteiger partial charge is 0.433 e. The Labute approximate surface area is 93.0 Å². The van der Waals surface area contributed by atoms with Crippen LogP contribution in [-0.2, 0) is 6.18 Å². The number of Topliss-reactive ketones (excluding diaryl/α,β-unsaturated/α-hetero) is 1. The van der Waals surface area contributed by atoms with Crippen molar-refractivity contribution in [3.8, 4) is 5.75 Å². The molecule has 0 spiro atoms. The third-order valence-electron chi connectivity index (χ3n) is 1.91. The first-order chi connectivity index (χ1) is 7.73. The monoisotopic (exact) mass is 254 g/mol. The molecule has 1 aromatic rings. The highest BCUT2D eigenvalue weighted by Crippen LogP contribution is 2.38. The zero-order chi connectivity index (χ0) is 13.2. The highest BCUT2D eigenvalue weighted by Gasteiger charge is 2.36. The summed E-state index contributed by atoms with van der Waals surface area (Å²) in [7, 11) is 0. The van der Waals surface area contributed by atoms with Crippen LogP contribution in [0.5, 0.6) is 5.75 Å². The number of carbonyl (C=O) groups is 1. The molecule has 0 N–H and O–H groups in total. The van der Waals surface area contributed by atoms with Crippen molar-refractivity contribution in [2.24, 2.45) is 0 Å². The minimum absolute atomic E-state index is 0.528. The molecular formula is C10H7F5O2. The SMILES string of the molecule is CC(=O)c1cccc(C(F)(F)F)c1OC(F)F. The third kappa shape index (κ3) is 3.15. The molecule has 0 saturated carbocycles. The molecule has 0 bridgehead atoms. The van der Waals surface area contributed by atoms with Gasteiger partial charge in [0, 0.05) is 0 Å². The van der Waals surface area contributed by atoms with Gasteiger partial charge in [0.2, 0.25) is 0 Å². The average molecular weight is 254 g/mol. The van der Waals surface area contributed by atoms with E-state index in [4.69, 9.17) is 0 Å². The lowest BCUT2D eigenvalue weighted by Gasteiger charge is -2.15. The zero-order valence-electron chi connectivity index (χ0n) is 8.52. The molecule has 0 aromatic heterocycles. The Morgan fingerprint density at radius 1 is 1.29 bits per heavy atom. The summed E-state index contributed by atoms with van der Waals surface area (Å²) in [6.07, 6.45) is -4.87. The van der Waals surface area contributed by atoms with Gasteiger partial charge >= 0.3 is 12.8 Å². The number of para-hydroxylation sites is 1. The first-order valence-electron chi connectivity index (χ1n) is 4.39. The van der Waals surface area contributed by atoms with Gasteiger partial charge in [-0.1, -0.05) is 6.07 Å². The van der Waals surface area contributed by atoms with Crippen LogP contribution in [0.2, 0.25) is 0 Å². The molecule has 0 heterocycles. The van der Waals surface area contributed by atoms with Crippen LogP contribution in [0.3, 0.4) is 0 Å². The quantitative estimate of drug-likeness (QED) is 0.609. The number of ketones is 1. The summed E-state index contributed by atoms with van der Waals surface area (Å²) in [4.78, 5) is 11.0. The van der Waals surface area contributed by atoms with Gasteiger partial charge in [-0.25, -0.2) is 0 Å². The zero-order valence-corrected chi connectivity index (χ0v) is 8.52. The second kappa shape index (κ2) is 4.68. The van der Waals surface area contributed by atoms with Crippen LogP contribution in [0.1, 0.15) is 22.8 Å². The highest BCUT2D eigenvalue weighted by molar-refractivity contribution is 5.97. The van der Waals surface area contributed by atoms with Crippen molar-refractivity contribution in [3.05, 3.63) is 29.3 Å². The van der Waals surface area contributed by atoms with E-state index in [1.807, 2.05) is 0 Å². The van der Waals surface area contributed by atoms with E-state index in [2.05, 4.69) is 4.74 Å². The van der Waals surface area contributed by atoms with Gasteiger partial charge in [0.15, 0.2) is 5.78 Å². The second-order valence-electron chi connectivity index (χ2n) is 3.11. The normalized spacial score (nSPS) is 11.7. The van der Waals surface area contributed by atoms with Crippen LogP contribution in [0, 0.1) is 0 Å². The van der Waals surface area contributed by atoms with Crippen molar-refractivity contribution < 1.29 is 31.5 Å². The summed E-state index contributed by atoms with van der Waals surface area (Å²) in [6, 6.07) is 2.53. The Morgan fingerprint density at radius 3 is 2.29 bits per heavy atom. The molecule has 1 aromatic carbocycles. The van der Waals surface area contributed by atoms with E-state index in [9.17, 15) is 26.7 Å². The lowest BCUT2D eigenvalue weighted by molar-refractivity contribution is -0.141. The fourth-order valence-electron chi connectivity index (χ4n) is 1.25. The first-order valence-corrected chi connectivity index (χ1v) is 4.39. The smallest absolute Gasteiger partial charge is 0.419 e. The molecule has 0 radical (unpaired) electrons. The number of rotatable bonds is 3. The van der Waals surface area contributed by atoms with Crippen LogP contribution >= 0.6 is 0 Å². The van der Waals surface area contributed by atoms with Gasteiger partial charge in [-0.3, -0.25) is 4.79 Å². The molecule has 0 unspecified atom stereocenters. The Hall–Kier alpha value is -1.66. The van der Waals surface area contributed by atoms with Crippen molar-refractivity contribution in [3.63, 3.8) is 0 Å². The van der Waals surface area contributed by atoms with E-state index in [0.717, 1.165) is 19.1 Å². The van der Waals surface area contributed by atoms with Gasteiger partial charge in [-0.2, -0.15) is 22.0 Å². The van der Waals surface area contributed by atoms with Crippen molar-refractivity contribution in [2.45, 2.75) is 19.7 Å².